The van der Waals surface area contributed by atoms with Crippen LogP contribution in [-0.2, 0) is 6.61 Å². The van der Waals surface area contributed by atoms with Gasteiger partial charge in [0.2, 0.25) is 5.88 Å². The maximum Gasteiger partial charge on any atom is 0.217 e. The molecule has 0 unspecified atom stereocenters. The van der Waals surface area contributed by atoms with E-state index >= 15 is 0 Å². The molecule has 0 aliphatic rings. The molecule has 0 fully saturated rings. The number of aromatic nitrogens is 1. The van der Waals surface area contributed by atoms with Crippen molar-refractivity contribution in [3.63, 3.8) is 0 Å². The summed E-state index contributed by atoms with van der Waals surface area (Å²) >= 11 is 3.50. The second-order valence-electron chi connectivity index (χ2n) is 6.63. The molecule has 4 rings (SSSR count). The molecule has 4 aromatic rings. The molecule has 138 valence electrons. The second-order valence-corrected chi connectivity index (χ2v) is 7.55. The van der Waals surface area contributed by atoms with Gasteiger partial charge < -0.3 is 4.74 Å². The molecular weight excluding hydrogens is 410 g/mol. The molecule has 0 bridgehead atoms. The summed E-state index contributed by atoms with van der Waals surface area (Å²) in [5.41, 5.74) is 6.42. The van der Waals surface area contributed by atoms with Crippen molar-refractivity contribution in [1.82, 2.24) is 4.98 Å². The average Bonchev–Trinajstić information content (AvgIpc) is 2.75. The zero-order valence-electron chi connectivity index (χ0n) is 15.6. The van der Waals surface area contributed by atoms with Crippen molar-refractivity contribution < 1.29 is 4.74 Å². The Balaban J connectivity index is 1.77. The van der Waals surface area contributed by atoms with E-state index in [1.165, 1.54) is 0 Å². The van der Waals surface area contributed by atoms with Crippen LogP contribution in [0.4, 0.5) is 0 Å². The minimum Gasteiger partial charge on any atom is -0.473 e. The lowest BCUT2D eigenvalue weighted by Crippen LogP contribution is -2.01. The standard InChI is InChI=1S/C25H20BrNO/c1-18-23(20-10-6-3-7-11-20)16-24(21-12-14-22(26)15-13-21)27-25(18)28-17-19-8-4-2-5-9-19/h2-16H,17H2,1H3. The van der Waals surface area contributed by atoms with Gasteiger partial charge in [0, 0.05) is 15.6 Å². The van der Waals surface area contributed by atoms with E-state index in [-0.39, 0.29) is 0 Å². The average molecular weight is 430 g/mol. The highest BCUT2D eigenvalue weighted by Gasteiger charge is 2.13. The first-order valence-corrected chi connectivity index (χ1v) is 10.00. The zero-order valence-corrected chi connectivity index (χ0v) is 17.2. The lowest BCUT2D eigenvalue weighted by atomic mass is 9.99. The van der Waals surface area contributed by atoms with Crippen LogP contribution < -0.4 is 4.74 Å². The van der Waals surface area contributed by atoms with Crippen molar-refractivity contribution in [2.75, 3.05) is 0 Å². The summed E-state index contributed by atoms with van der Waals surface area (Å²) in [6, 6.07) is 30.9. The van der Waals surface area contributed by atoms with E-state index in [2.05, 4.69) is 77.5 Å². The summed E-state index contributed by atoms with van der Waals surface area (Å²) in [7, 11) is 0. The van der Waals surface area contributed by atoms with E-state index in [1.807, 2.05) is 36.4 Å². The molecule has 0 spiro atoms. The third-order valence-electron chi connectivity index (χ3n) is 4.67. The van der Waals surface area contributed by atoms with Gasteiger partial charge in [-0.1, -0.05) is 88.7 Å². The summed E-state index contributed by atoms with van der Waals surface area (Å²) in [5.74, 6) is 0.670. The lowest BCUT2D eigenvalue weighted by Gasteiger charge is -2.15. The smallest absolute Gasteiger partial charge is 0.217 e. The maximum atomic E-state index is 6.15. The van der Waals surface area contributed by atoms with Gasteiger partial charge in [0.1, 0.15) is 6.61 Å². The van der Waals surface area contributed by atoms with Crippen molar-refractivity contribution >= 4 is 15.9 Å². The van der Waals surface area contributed by atoms with Crippen LogP contribution in [0.25, 0.3) is 22.4 Å². The van der Waals surface area contributed by atoms with Crippen LogP contribution in [0.15, 0.2) is 95.5 Å². The Morgan fingerprint density at radius 1 is 0.786 bits per heavy atom. The van der Waals surface area contributed by atoms with Crippen LogP contribution in [0, 0.1) is 6.92 Å². The number of pyridine rings is 1. The molecule has 0 saturated heterocycles. The molecule has 0 aliphatic heterocycles. The Kier molecular flexibility index (Phi) is 5.54. The van der Waals surface area contributed by atoms with Gasteiger partial charge in [-0.05, 0) is 41.8 Å². The van der Waals surface area contributed by atoms with E-state index in [4.69, 9.17) is 9.72 Å². The maximum absolute atomic E-state index is 6.15. The number of halogens is 1. The number of nitrogens with zero attached hydrogens (tertiary/aromatic N) is 1. The van der Waals surface area contributed by atoms with Gasteiger partial charge in [-0.2, -0.15) is 0 Å². The molecule has 2 nitrogen and oxygen atoms in total. The van der Waals surface area contributed by atoms with E-state index in [1.54, 1.807) is 0 Å². The van der Waals surface area contributed by atoms with Crippen LogP contribution >= 0.6 is 15.9 Å². The van der Waals surface area contributed by atoms with Gasteiger partial charge in [-0.25, -0.2) is 4.98 Å². The molecule has 3 aromatic carbocycles. The van der Waals surface area contributed by atoms with Gasteiger partial charge in [-0.3, -0.25) is 0 Å². The fourth-order valence-electron chi connectivity index (χ4n) is 3.14. The van der Waals surface area contributed by atoms with Crippen LogP contribution in [-0.4, -0.2) is 4.98 Å². The van der Waals surface area contributed by atoms with Gasteiger partial charge in [0.25, 0.3) is 0 Å². The highest BCUT2D eigenvalue weighted by molar-refractivity contribution is 9.10. The van der Waals surface area contributed by atoms with Crippen molar-refractivity contribution in [1.29, 1.82) is 0 Å². The fraction of sp³-hybridized carbons (Fsp3) is 0.0800. The Morgan fingerprint density at radius 2 is 1.43 bits per heavy atom. The number of rotatable bonds is 5. The summed E-state index contributed by atoms with van der Waals surface area (Å²) in [6.07, 6.45) is 0. The van der Waals surface area contributed by atoms with E-state index < -0.39 is 0 Å². The summed E-state index contributed by atoms with van der Waals surface area (Å²) in [6.45, 7) is 2.56. The molecular formula is C25H20BrNO. The Hall–Kier alpha value is -2.91. The van der Waals surface area contributed by atoms with Crippen molar-refractivity contribution in [2.45, 2.75) is 13.5 Å². The molecule has 0 N–H and O–H groups in total. The Labute approximate surface area is 174 Å². The molecule has 1 heterocycles. The monoisotopic (exact) mass is 429 g/mol. The molecule has 28 heavy (non-hydrogen) atoms. The second kappa shape index (κ2) is 8.41. The summed E-state index contributed by atoms with van der Waals surface area (Å²) in [4.78, 5) is 4.84. The quantitative estimate of drug-likeness (QED) is 0.338. The highest BCUT2D eigenvalue weighted by Crippen LogP contribution is 2.33. The lowest BCUT2D eigenvalue weighted by molar-refractivity contribution is 0.292. The van der Waals surface area contributed by atoms with Crippen molar-refractivity contribution in [2.24, 2.45) is 0 Å². The van der Waals surface area contributed by atoms with Gasteiger partial charge >= 0.3 is 0 Å². The predicted molar refractivity (Wildman–Crippen MR) is 118 cm³/mol. The van der Waals surface area contributed by atoms with Gasteiger partial charge in [-0.15, -0.1) is 0 Å². The van der Waals surface area contributed by atoms with Crippen LogP contribution in [0.5, 0.6) is 5.88 Å². The van der Waals surface area contributed by atoms with E-state index in [0.29, 0.717) is 12.5 Å². The van der Waals surface area contributed by atoms with Crippen molar-refractivity contribution in [3.8, 4) is 28.3 Å². The number of hydrogen-bond donors (Lipinski definition) is 0. The van der Waals surface area contributed by atoms with Crippen LogP contribution in [0.3, 0.4) is 0 Å². The summed E-state index contributed by atoms with van der Waals surface area (Å²) in [5, 5.41) is 0. The van der Waals surface area contributed by atoms with Gasteiger partial charge in [0.05, 0.1) is 5.69 Å². The number of hydrogen-bond acceptors (Lipinski definition) is 2. The number of ether oxygens (including phenoxy) is 1. The predicted octanol–water partition coefficient (Wildman–Crippen LogP) is 7.07. The van der Waals surface area contributed by atoms with Crippen molar-refractivity contribution in [3.05, 3.63) is 107 Å². The van der Waals surface area contributed by atoms with E-state index in [0.717, 1.165) is 38.0 Å². The highest BCUT2D eigenvalue weighted by atomic mass is 79.9. The topological polar surface area (TPSA) is 22.1 Å². The summed E-state index contributed by atoms with van der Waals surface area (Å²) < 4.78 is 7.20. The molecule has 0 radical (unpaired) electrons. The minimum atomic E-state index is 0.493. The van der Waals surface area contributed by atoms with E-state index in [9.17, 15) is 0 Å². The normalized spacial score (nSPS) is 10.6. The SMILES string of the molecule is Cc1c(-c2ccccc2)cc(-c2ccc(Br)cc2)nc1OCc1ccccc1. The molecule has 3 heteroatoms. The molecule has 0 aliphatic carbocycles. The van der Waals surface area contributed by atoms with Gasteiger partial charge in [0.15, 0.2) is 0 Å². The molecule has 0 saturated carbocycles. The third-order valence-corrected chi connectivity index (χ3v) is 5.20. The largest absolute Gasteiger partial charge is 0.473 e. The first-order valence-electron chi connectivity index (χ1n) is 9.20. The zero-order chi connectivity index (χ0) is 19.3. The fourth-order valence-corrected chi connectivity index (χ4v) is 3.40. The Bertz CT molecular complexity index is 1060. The van der Waals surface area contributed by atoms with Crippen LogP contribution in [0.1, 0.15) is 11.1 Å². The van der Waals surface area contributed by atoms with Crippen LogP contribution in [0.2, 0.25) is 0 Å². The molecule has 0 amide bonds. The molecule has 0 atom stereocenters. The minimum absolute atomic E-state index is 0.493. The first-order chi connectivity index (χ1) is 13.7. The third kappa shape index (κ3) is 4.15. The molecule has 1 aromatic heterocycles. The number of benzene rings is 3. The first kappa shape index (κ1) is 18.5. The Morgan fingerprint density at radius 3 is 2.11 bits per heavy atom.